The highest BCUT2D eigenvalue weighted by Crippen LogP contribution is 2.51. The van der Waals surface area contributed by atoms with Gasteiger partial charge < -0.3 is 30.2 Å². The fourth-order valence-electron chi connectivity index (χ4n) is 8.22. The standard InChI is InChI=1S/C57H84N3O13P/c1-7-10-13-16-19-31-52(61)58-49(46-28-22-25-43(34-46)37-55(64)68-4)40-71-74(67,72-41-50(59-53(62)32-20-17-14-11-8-2)47-29-23-26-44(35-47)38-56(65)69-5)73-42-51(60-54(63)33-21-18-15-12-9-3)48-30-24-27-45(36-48)39-57(66)70-6/h22-30,34-36,49-51H,7-21,31-33,37-42H2,1-6H3,(H,58,61)(H,59,62)(H,60,63). The average Bonchev–Trinajstić information content (AvgIpc) is 3.39. The zero-order chi connectivity index (χ0) is 54.0. The maximum atomic E-state index is 15.5. The molecule has 3 amide bonds. The van der Waals surface area contributed by atoms with Crippen molar-refractivity contribution in [1.29, 1.82) is 0 Å². The van der Waals surface area contributed by atoms with Crippen molar-refractivity contribution in [3.63, 3.8) is 0 Å². The van der Waals surface area contributed by atoms with E-state index in [1.807, 2.05) is 0 Å². The van der Waals surface area contributed by atoms with Crippen LogP contribution in [-0.2, 0) is 80.4 Å². The molecule has 0 heterocycles. The van der Waals surface area contributed by atoms with Crippen LogP contribution < -0.4 is 16.0 Å². The Balaban J connectivity index is 2.11. The number of methoxy groups -OCH3 is 3. The zero-order valence-corrected chi connectivity index (χ0v) is 45.8. The van der Waals surface area contributed by atoms with E-state index in [0.29, 0.717) is 52.6 Å². The second-order valence-electron chi connectivity index (χ2n) is 18.7. The first-order valence-electron chi connectivity index (χ1n) is 26.6. The SMILES string of the molecule is CCCCCCCC(=O)NC(COP(=O)(OCC(NC(=O)CCCCCCC)c1cccc(CC(=O)OC)c1)OCC(NC(=O)CCCCCCC)c1cccc(CC(=O)OC)c1)c1cccc(CC(=O)OC)c1. The summed E-state index contributed by atoms with van der Waals surface area (Å²) in [5.41, 5.74) is 3.49. The van der Waals surface area contributed by atoms with E-state index in [0.717, 1.165) is 77.0 Å². The Morgan fingerprint density at radius 2 is 0.689 bits per heavy atom. The smallest absolute Gasteiger partial charge is 0.469 e. The molecule has 0 aliphatic carbocycles. The lowest BCUT2D eigenvalue weighted by Crippen LogP contribution is -2.33. The van der Waals surface area contributed by atoms with Crippen LogP contribution in [0.4, 0.5) is 0 Å². The van der Waals surface area contributed by atoms with E-state index in [9.17, 15) is 28.8 Å². The number of carbonyl (C=O) groups excluding carboxylic acids is 6. The van der Waals surface area contributed by atoms with Gasteiger partial charge in [0.05, 0.1) is 78.5 Å². The van der Waals surface area contributed by atoms with Gasteiger partial charge in [0.2, 0.25) is 17.7 Å². The predicted octanol–water partition coefficient (Wildman–Crippen LogP) is 10.9. The predicted molar refractivity (Wildman–Crippen MR) is 285 cm³/mol. The van der Waals surface area contributed by atoms with Gasteiger partial charge in [-0.1, -0.05) is 171 Å². The molecule has 0 bridgehead atoms. The largest absolute Gasteiger partial charge is 0.475 e. The van der Waals surface area contributed by atoms with E-state index >= 15 is 4.57 Å². The molecule has 0 saturated carbocycles. The lowest BCUT2D eigenvalue weighted by Gasteiger charge is -2.27. The Labute approximate surface area is 440 Å². The first-order valence-corrected chi connectivity index (χ1v) is 28.1. The first kappa shape index (κ1) is 62.9. The Morgan fingerprint density at radius 3 is 0.946 bits per heavy atom. The van der Waals surface area contributed by atoms with E-state index in [4.69, 9.17) is 27.8 Å². The van der Waals surface area contributed by atoms with E-state index in [1.54, 1.807) is 72.8 Å². The van der Waals surface area contributed by atoms with Crippen LogP contribution in [0.15, 0.2) is 72.8 Å². The van der Waals surface area contributed by atoms with Crippen molar-refractivity contribution in [1.82, 2.24) is 16.0 Å². The molecule has 17 heteroatoms. The van der Waals surface area contributed by atoms with E-state index in [1.165, 1.54) is 21.3 Å². The molecule has 0 aliphatic heterocycles. The lowest BCUT2D eigenvalue weighted by atomic mass is 10.0. The third-order valence-electron chi connectivity index (χ3n) is 12.5. The average molecular weight is 1050 g/mol. The van der Waals surface area contributed by atoms with Gasteiger partial charge >= 0.3 is 25.7 Å². The summed E-state index contributed by atoms with van der Waals surface area (Å²) in [6, 6.07) is 18.2. The number of phosphoric acid groups is 1. The molecule has 3 rings (SSSR count). The van der Waals surface area contributed by atoms with Crippen molar-refractivity contribution in [3.8, 4) is 0 Å². The van der Waals surface area contributed by atoms with Crippen LogP contribution in [0.3, 0.4) is 0 Å². The Morgan fingerprint density at radius 1 is 0.419 bits per heavy atom. The number of hydrogen-bond donors (Lipinski definition) is 3. The second-order valence-corrected chi connectivity index (χ2v) is 20.4. The summed E-state index contributed by atoms with van der Waals surface area (Å²) >= 11 is 0. The minimum Gasteiger partial charge on any atom is -0.469 e. The van der Waals surface area contributed by atoms with Gasteiger partial charge in [0.25, 0.3) is 0 Å². The molecule has 0 aromatic heterocycles. The third-order valence-corrected chi connectivity index (χ3v) is 13.9. The summed E-state index contributed by atoms with van der Waals surface area (Å²) in [5.74, 6) is -2.17. The quantitative estimate of drug-likeness (QED) is 0.0210. The Bertz CT molecular complexity index is 1980. The number of carbonyl (C=O) groups is 6. The number of esters is 3. The second kappa shape index (κ2) is 36.5. The van der Waals surface area contributed by atoms with Gasteiger partial charge in [0.1, 0.15) is 0 Å². The normalized spacial score (nSPS) is 13.2. The molecule has 410 valence electrons. The van der Waals surface area contributed by atoms with Crippen LogP contribution in [0.5, 0.6) is 0 Å². The van der Waals surface area contributed by atoms with Gasteiger partial charge in [0, 0.05) is 19.3 Å². The molecule has 3 unspecified atom stereocenters. The molecule has 3 aromatic carbocycles. The van der Waals surface area contributed by atoms with Crippen LogP contribution in [0.25, 0.3) is 0 Å². The van der Waals surface area contributed by atoms with Crippen LogP contribution in [0.2, 0.25) is 0 Å². The number of benzene rings is 3. The summed E-state index contributed by atoms with van der Waals surface area (Å²) in [4.78, 5) is 77.9. The van der Waals surface area contributed by atoms with Gasteiger partial charge in [-0.05, 0) is 52.6 Å². The van der Waals surface area contributed by atoms with Crippen molar-refractivity contribution >= 4 is 43.5 Å². The molecule has 16 nitrogen and oxygen atoms in total. The van der Waals surface area contributed by atoms with Crippen LogP contribution >= 0.6 is 7.82 Å². The number of nitrogens with one attached hydrogen (secondary N) is 3. The maximum Gasteiger partial charge on any atom is 0.475 e. The number of amides is 3. The van der Waals surface area contributed by atoms with Gasteiger partial charge in [-0.2, -0.15) is 0 Å². The van der Waals surface area contributed by atoms with Crippen molar-refractivity contribution in [3.05, 3.63) is 106 Å². The summed E-state index contributed by atoms with van der Waals surface area (Å²) in [6.45, 7) is 5.09. The molecule has 0 aliphatic rings. The van der Waals surface area contributed by atoms with E-state index < -0.39 is 63.7 Å². The maximum absolute atomic E-state index is 15.5. The highest BCUT2D eigenvalue weighted by atomic mass is 31.2. The Kier molecular flexibility index (Phi) is 31.0. The molecule has 3 aromatic rings. The molecular formula is C57H84N3O13P. The van der Waals surface area contributed by atoms with Gasteiger partial charge in [-0.25, -0.2) is 4.57 Å². The zero-order valence-electron chi connectivity index (χ0n) is 44.9. The molecule has 0 saturated heterocycles. The highest BCUT2D eigenvalue weighted by molar-refractivity contribution is 7.48. The number of rotatable bonds is 39. The van der Waals surface area contributed by atoms with Crippen molar-refractivity contribution < 1.29 is 61.1 Å². The molecule has 0 fully saturated rings. The number of ether oxygens (including phenoxy) is 3. The minimum atomic E-state index is -4.77. The molecule has 3 atom stereocenters. The molecule has 3 N–H and O–H groups in total. The van der Waals surface area contributed by atoms with E-state index in [2.05, 4.69) is 36.7 Å². The van der Waals surface area contributed by atoms with Crippen molar-refractivity contribution in [2.45, 2.75) is 174 Å². The number of hydrogen-bond acceptors (Lipinski definition) is 13. The highest BCUT2D eigenvalue weighted by Gasteiger charge is 2.33. The van der Waals surface area contributed by atoms with Gasteiger partial charge in [0.15, 0.2) is 0 Å². The Hall–Kier alpha value is -5.41. The van der Waals surface area contributed by atoms with Gasteiger partial charge in [-0.3, -0.25) is 42.3 Å². The summed E-state index contributed by atoms with van der Waals surface area (Å²) < 4.78 is 49.0. The summed E-state index contributed by atoms with van der Waals surface area (Å²) in [5, 5.41) is 9.12. The molecule has 0 radical (unpaired) electrons. The third kappa shape index (κ3) is 25.7. The molecule has 0 spiro atoms. The number of unbranched alkanes of at least 4 members (excludes halogenated alkanes) is 12. The number of phosphoric ester groups is 1. The first-order chi connectivity index (χ1) is 35.7. The fourth-order valence-corrected chi connectivity index (χ4v) is 9.43. The fraction of sp³-hybridized carbons (Fsp3) is 0.579. The minimum absolute atomic E-state index is 0.0344. The van der Waals surface area contributed by atoms with Crippen molar-refractivity contribution in [2.75, 3.05) is 41.2 Å². The monoisotopic (exact) mass is 1050 g/mol. The van der Waals surface area contributed by atoms with Crippen molar-refractivity contribution in [2.24, 2.45) is 0 Å². The summed E-state index contributed by atoms with van der Waals surface area (Å²) in [6.07, 6.45) is 14.5. The van der Waals surface area contributed by atoms with Gasteiger partial charge in [-0.15, -0.1) is 0 Å². The lowest BCUT2D eigenvalue weighted by molar-refractivity contribution is -0.140. The van der Waals surface area contributed by atoms with E-state index in [-0.39, 0.29) is 56.2 Å². The molecule has 74 heavy (non-hydrogen) atoms. The summed E-state index contributed by atoms with van der Waals surface area (Å²) in [7, 11) is -0.868. The van der Waals surface area contributed by atoms with Crippen LogP contribution in [-0.4, -0.2) is 76.8 Å². The molecular weight excluding hydrogens is 966 g/mol. The van der Waals surface area contributed by atoms with Crippen LogP contribution in [0, 0.1) is 0 Å². The topological polar surface area (TPSA) is 211 Å². The van der Waals surface area contributed by atoms with Crippen LogP contribution in [0.1, 0.15) is 188 Å².